The first-order chi connectivity index (χ1) is 14.9. The Bertz CT molecular complexity index is 1140. The minimum absolute atomic E-state index is 0.0119. The van der Waals surface area contributed by atoms with Gasteiger partial charge in [-0.15, -0.1) is 5.10 Å². The second-order valence-corrected chi connectivity index (χ2v) is 7.83. The molecular weight excluding hydrogens is 445 g/mol. The molecule has 0 saturated carbocycles. The fraction of sp³-hybridized carbons (Fsp3) is 0.333. The molecular formula is C18H19Cl2N9O2. The topological polar surface area (TPSA) is 140 Å². The molecule has 3 N–H and O–H groups in total. The number of nitrogens with one attached hydrogen (secondary N) is 1. The fourth-order valence-corrected chi connectivity index (χ4v) is 3.56. The van der Waals surface area contributed by atoms with Crippen molar-refractivity contribution < 1.29 is 9.42 Å². The average molecular weight is 464 g/mol. The lowest BCUT2D eigenvalue weighted by atomic mass is 10.1. The number of hydrazone groups is 1. The van der Waals surface area contributed by atoms with E-state index in [0.717, 1.165) is 25.9 Å². The van der Waals surface area contributed by atoms with Gasteiger partial charge in [0.2, 0.25) is 11.6 Å². The standard InChI is InChI=1S/C18H19Cl2N9O2/c1-10(11-4-5-12(19)13(20)8-11)22-24-18(30)15-14(9-28-6-2-3-7-28)23-27-29(15)17-16(21)25-31-26-17/h4-5,8H,2-3,6-7,9H2,1H3,(H2,21,25)(H,24,30)/b22-10-. The summed E-state index contributed by atoms with van der Waals surface area (Å²) in [5.74, 6) is -0.460. The van der Waals surface area contributed by atoms with E-state index in [4.69, 9.17) is 28.9 Å². The lowest BCUT2D eigenvalue weighted by Crippen LogP contribution is -2.26. The van der Waals surface area contributed by atoms with Crippen LogP contribution in [-0.2, 0) is 6.54 Å². The van der Waals surface area contributed by atoms with Crippen molar-refractivity contribution in [3.63, 3.8) is 0 Å². The first-order valence-electron chi connectivity index (χ1n) is 9.49. The Morgan fingerprint density at radius 1 is 1.26 bits per heavy atom. The van der Waals surface area contributed by atoms with Crippen LogP contribution in [0.1, 0.15) is 41.5 Å². The molecule has 1 saturated heterocycles. The van der Waals surface area contributed by atoms with E-state index in [1.165, 1.54) is 4.68 Å². The van der Waals surface area contributed by atoms with Gasteiger partial charge >= 0.3 is 0 Å². The van der Waals surface area contributed by atoms with Crippen LogP contribution in [0.25, 0.3) is 5.82 Å². The van der Waals surface area contributed by atoms with Crippen molar-refractivity contribution in [2.75, 3.05) is 18.8 Å². The first kappa shape index (κ1) is 21.2. The van der Waals surface area contributed by atoms with Gasteiger partial charge in [-0.05, 0) is 60.9 Å². The molecule has 162 valence electrons. The third kappa shape index (κ3) is 4.53. The molecule has 2 aromatic heterocycles. The monoisotopic (exact) mass is 463 g/mol. The number of benzene rings is 1. The molecule has 0 radical (unpaired) electrons. The summed E-state index contributed by atoms with van der Waals surface area (Å²) in [6.07, 6.45) is 2.20. The Balaban J connectivity index is 1.62. The molecule has 0 unspecified atom stereocenters. The number of hydrogen-bond acceptors (Lipinski definition) is 9. The maximum Gasteiger partial charge on any atom is 0.292 e. The van der Waals surface area contributed by atoms with Gasteiger partial charge in [0, 0.05) is 6.54 Å². The minimum Gasteiger partial charge on any atom is -0.378 e. The second-order valence-electron chi connectivity index (χ2n) is 7.02. The lowest BCUT2D eigenvalue weighted by molar-refractivity contribution is 0.0945. The van der Waals surface area contributed by atoms with Crippen LogP contribution in [0, 0.1) is 0 Å². The number of likely N-dealkylation sites (tertiary alicyclic amines) is 1. The molecule has 1 amide bonds. The van der Waals surface area contributed by atoms with Crippen LogP contribution in [-0.4, -0.2) is 54.9 Å². The summed E-state index contributed by atoms with van der Waals surface area (Å²) in [6, 6.07) is 5.08. The normalized spacial score (nSPS) is 14.9. The quantitative estimate of drug-likeness (QED) is 0.418. The van der Waals surface area contributed by atoms with Crippen LogP contribution in [0.4, 0.5) is 5.82 Å². The highest BCUT2D eigenvalue weighted by molar-refractivity contribution is 6.42. The zero-order valence-electron chi connectivity index (χ0n) is 16.5. The molecule has 1 fully saturated rings. The van der Waals surface area contributed by atoms with Gasteiger partial charge in [-0.1, -0.05) is 34.5 Å². The first-order valence-corrected chi connectivity index (χ1v) is 10.2. The number of carbonyl (C=O) groups excluding carboxylic acids is 1. The molecule has 1 aromatic carbocycles. The van der Waals surface area contributed by atoms with Crippen LogP contribution < -0.4 is 11.2 Å². The van der Waals surface area contributed by atoms with E-state index in [9.17, 15) is 4.79 Å². The van der Waals surface area contributed by atoms with Gasteiger partial charge in [-0.3, -0.25) is 9.69 Å². The van der Waals surface area contributed by atoms with Gasteiger partial charge in [0.05, 0.1) is 15.8 Å². The zero-order chi connectivity index (χ0) is 22.0. The maximum atomic E-state index is 13.1. The van der Waals surface area contributed by atoms with Crippen molar-refractivity contribution in [3.8, 4) is 5.82 Å². The minimum atomic E-state index is -0.527. The van der Waals surface area contributed by atoms with Gasteiger partial charge in [0.15, 0.2) is 5.69 Å². The third-order valence-corrected chi connectivity index (χ3v) is 5.62. The van der Waals surface area contributed by atoms with E-state index >= 15 is 0 Å². The lowest BCUT2D eigenvalue weighted by Gasteiger charge is -2.13. The molecule has 13 heteroatoms. The number of hydrogen-bond donors (Lipinski definition) is 2. The van der Waals surface area contributed by atoms with Crippen LogP contribution in [0.3, 0.4) is 0 Å². The van der Waals surface area contributed by atoms with E-state index in [-0.39, 0.29) is 17.3 Å². The zero-order valence-corrected chi connectivity index (χ0v) is 18.1. The smallest absolute Gasteiger partial charge is 0.292 e. The van der Waals surface area contributed by atoms with Gasteiger partial charge in [-0.25, -0.2) is 10.1 Å². The van der Waals surface area contributed by atoms with Gasteiger partial charge in [-0.2, -0.15) is 9.78 Å². The van der Waals surface area contributed by atoms with Crippen molar-refractivity contribution in [3.05, 3.63) is 45.2 Å². The Labute approximate surface area is 187 Å². The van der Waals surface area contributed by atoms with E-state index in [2.05, 4.69) is 40.7 Å². The summed E-state index contributed by atoms with van der Waals surface area (Å²) in [5.41, 5.74) is 10.2. The highest BCUT2D eigenvalue weighted by atomic mass is 35.5. The summed E-state index contributed by atoms with van der Waals surface area (Å²) in [6.45, 7) is 4.05. The van der Waals surface area contributed by atoms with Crippen LogP contribution in [0.2, 0.25) is 10.0 Å². The number of aromatic nitrogens is 5. The van der Waals surface area contributed by atoms with Crippen LogP contribution in [0.5, 0.6) is 0 Å². The molecule has 0 aliphatic carbocycles. The molecule has 1 aliphatic rings. The molecule has 0 atom stereocenters. The third-order valence-electron chi connectivity index (χ3n) is 4.89. The van der Waals surface area contributed by atoms with Crippen molar-refractivity contribution in [2.24, 2.45) is 5.10 Å². The Hall–Kier alpha value is -3.02. The highest BCUT2D eigenvalue weighted by Gasteiger charge is 2.27. The molecule has 11 nitrogen and oxygen atoms in total. The Kier molecular flexibility index (Phi) is 6.16. The number of anilines is 1. The number of rotatable bonds is 6. The number of halogens is 2. The van der Waals surface area contributed by atoms with Crippen molar-refractivity contribution >= 4 is 40.6 Å². The number of amides is 1. The summed E-state index contributed by atoms with van der Waals surface area (Å²) in [5, 5.41) is 20.5. The van der Waals surface area contributed by atoms with Gasteiger partial charge < -0.3 is 5.73 Å². The summed E-state index contributed by atoms with van der Waals surface area (Å²) >= 11 is 12.0. The van der Waals surface area contributed by atoms with E-state index < -0.39 is 5.91 Å². The Morgan fingerprint density at radius 3 is 2.71 bits per heavy atom. The SMILES string of the molecule is C/C(=N/NC(=O)c1c(CN2CCCC2)nnn1-c1nonc1N)c1ccc(Cl)c(Cl)c1. The summed E-state index contributed by atoms with van der Waals surface area (Å²) < 4.78 is 5.85. The summed E-state index contributed by atoms with van der Waals surface area (Å²) in [7, 11) is 0. The van der Waals surface area contributed by atoms with E-state index in [1.807, 2.05) is 0 Å². The predicted octanol–water partition coefficient (Wildman–Crippen LogP) is 2.29. The van der Waals surface area contributed by atoms with Crippen molar-refractivity contribution in [2.45, 2.75) is 26.3 Å². The van der Waals surface area contributed by atoms with Gasteiger partial charge in [0.1, 0.15) is 5.69 Å². The molecule has 0 spiro atoms. The molecule has 3 heterocycles. The largest absolute Gasteiger partial charge is 0.378 e. The number of nitrogens with two attached hydrogens (primary N) is 1. The summed E-state index contributed by atoms with van der Waals surface area (Å²) in [4.78, 5) is 15.3. The number of nitrogen functional groups attached to an aromatic ring is 1. The predicted molar refractivity (Wildman–Crippen MR) is 114 cm³/mol. The molecule has 4 rings (SSSR count). The molecule has 31 heavy (non-hydrogen) atoms. The molecule has 1 aliphatic heterocycles. The van der Waals surface area contributed by atoms with Crippen LogP contribution >= 0.6 is 23.2 Å². The van der Waals surface area contributed by atoms with Crippen molar-refractivity contribution in [1.29, 1.82) is 0 Å². The van der Waals surface area contributed by atoms with Crippen molar-refractivity contribution in [1.82, 2.24) is 35.6 Å². The van der Waals surface area contributed by atoms with E-state index in [1.54, 1.807) is 25.1 Å². The fourth-order valence-electron chi connectivity index (χ4n) is 3.26. The maximum absolute atomic E-state index is 13.1. The van der Waals surface area contributed by atoms with Gasteiger partial charge in [0.25, 0.3) is 5.91 Å². The number of nitrogens with zero attached hydrogens (tertiary/aromatic N) is 7. The highest BCUT2D eigenvalue weighted by Crippen LogP contribution is 2.23. The average Bonchev–Trinajstić information content (AvgIpc) is 3.50. The molecule has 0 bridgehead atoms. The second kappa shape index (κ2) is 9.00. The van der Waals surface area contributed by atoms with Crippen LogP contribution in [0.15, 0.2) is 27.9 Å². The Morgan fingerprint density at radius 2 is 2.03 bits per heavy atom. The van der Waals surface area contributed by atoms with E-state index in [0.29, 0.717) is 33.6 Å². The molecule has 3 aromatic rings. The number of carbonyl (C=O) groups is 1.